The van der Waals surface area contributed by atoms with Crippen molar-refractivity contribution in [1.29, 1.82) is 0 Å². The van der Waals surface area contributed by atoms with Gasteiger partial charge in [0.25, 0.3) is 0 Å². The predicted molar refractivity (Wildman–Crippen MR) is 91.9 cm³/mol. The van der Waals surface area contributed by atoms with Crippen molar-refractivity contribution in [3.63, 3.8) is 0 Å². The van der Waals surface area contributed by atoms with E-state index in [1.165, 1.54) is 44.9 Å². The Hall–Kier alpha value is -0.300. The van der Waals surface area contributed by atoms with E-state index in [9.17, 15) is 0 Å². The zero-order valence-corrected chi connectivity index (χ0v) is 15.1. The van der Waals surface area contributed by atoms with Gasteiger partial charge in [0.2, 0.25) is 0 Å². The second-order valence-corrected chi connectivity index (χ2v) is 10.1. The van der Waals surface area contributed by atoms with Crippen molar-refractivity contribution in [2.75, 3.05) is 0 Å². The van der Waals surface area contributed by atoms with Crippen LogP contribution in [0.25, 0.3) is 0 Å². The van der Waals surface area contributed by atoms with Crippen LogP contribution < -0.4 is 5.32 Å². The van der Waals surface area contributed by atoms with Crippen LogP contribution in [0.3, 0.4) is 0 Å². The van der Waals surface area contributed by atoms with Crippen molar-refractivity contribution in [1.82, 2.24) is 0 Å². The fourth-order valence-electron chi connectivity index (χ4n) is 7.12. The van der Waals surface area contributed by atoms with Crippen LogP contribution in [-0.4, -0.2) is 5.54 Å². The van der Waals surface area contributed by atoms with Crippen LogP contribution >= 0.6 is 0 Å². The summed E-state index contributed by atoms with van der Waals surface area (Å²) in [5, 5.41) is 2.32. The summed E-state index contributed by atoms with van der Waals surface area (Å²) in [4.78, 5) is 0. The van der Waals surface area contributed by atoms with E-state index in [1.807, 2.05) is 11.1 Å². The molecule has 0 aromatic heterocycles. The molecule has 1 nitrogen and oxygen atoms in total. The Bertz CT molecular complexity index is 502. The fourth-order valence-corrected chi connectivity index (χ4v) is 7.12. The molecule has 124 valence electrons. The van der Waals surface area contributed by atoms with Crippen LogP contribution in [-0.2, 0) is 0 Å². The highest BCUT2D eigenvalue weighted by molar-refractivity contribution is 5.32. The molecule has 0 amide bonds. The van der Waals surface area contributed by atoms with Gasteiger partial charge in [-0.25, -0.2) is 0 Å². The first-order valence-corrected chi connectivity index (χ1v) is 9.70. The molecule has 0 saturated heterocycles. The zero-order chi connectivity index (χ0) is 15.7. The van der Waals surface area contributed by atoms with Crippen molar-refractivity contribution < 1.29 is 5.32 Å². The normalized spacial score (nSPS) is 49.8. The molecule has 22 heavy (non-hydrogen) atoms. The Morgan fingerprint density at radius 3 is 2.68 bits per heavy atom. The molecule has 2 saturated carbocycles. The number of hydrogen-bond acceptors (Lipinski definition) is 0. The Morgan fingerprint density at radius 2 is 1.95 bits per heavy atom. The van der Waals surface area contributed by atoms with Crippen LogP contribution in [0.2, 0.25) is 0 Å². The number of hydrogen-bond donors (Lipinski definition) is 1. The molecule has 0 spiro atoms. The predicted octanol–water partition coefficient (Wildman–Crippen LogP) is 4.31. The summed E-state index contributed by atoms with van der Waals surface area (Å²) in [5.74, 6) is 4.61. The Morgan fingerprint density at radius 1 is 1.18 bits per heavy atom. The third-order valence-corrected chi connectivity index (χ3v) is 8.07. The lowest BCUT2D eigenvalue weighted by Crippen LogP contribution is -2.94. The molecule has 0 aliphatic heterocycles. The van der Waals surface area contributed by atoms with Crippen LogP contribution in [0, 0.1) is 42.1 Å². The highest BCUT2D eigenvalue weighted by atomic mass is 15.0. The SMILES string of the molecule is [CH2-][NH2+]C1(C)CCC2C(C)CC3CC(C)(C)CC4=C3C2C1CC4. The largest absolute Gasteiger partial charge is 0.474 e. The number of allylic oxidation sites excluding steroid dienone is 2. The van der Waals surface area contributed by atoms with E-state index in [0.717, 1.165) is 29.6 Å². The van der Waals surface area contributed by atoms with Gasteiger partial charge in [-0.3, -0.25) is 0 Å². The average molecular weight is 302 g/mol. The average Bonchev–Trinajstić information content (AvgIpc) is 2.45. The maximum absolute atomic E-state index is 4.24. The molecule has 0 aromatic carbocycles. The van der Waals surface area contributed by atoms with Crippen molar-refractivity contribution in [3.8, 4) is 0 Å². The number of quaternary nitrogens is 1. The molecule has 2 fully saturated rings. The quantitative estimate of drug-likeness (QED) is 0.549. The van der Waals surface area contributed by atoms with E-state index in [-0.39, 0.29) is 0 Å². The van der Waals surface area contributed by atoms with Gasteiger partial charge in [-0.2, -0.15) is 7.05 Å². The van der Waals surface area contributed by atoms with E-state index in [2.05, 4.69) is 40.1 Å². The van der Waals surface area contributed by atoms with Crippen molar-refractivity contribution in [3.05, 3.63) is 18.2 Å². The molecule has 0 aromatic rings. The van der Waals surface area contributed by atoms with E-state index in [1.54, 1.807) is 0 Å². The smallest absolute Gasteiger partial charge is 0.0729 e. The van der Waals surface area contributed by atoms with Gasteiger partial charge >= 0.3 is 0 Å². The van der Waals surface area contributed by atoms with E-state index in [0.29, 0.717) is 11.0 Å². The van der Waals surface area contributed by atoms with E-state index >= 15 is 0 Å². The molecule has 6 atom stereocenters. The van der Waals surface area contributed by atoms with Gasteiger partial charge < -0.3 is 5.32 Å². The van der Waals surface area contributed by atoms with Gasteiger partial charge in [0, 0.05) is 12.3 Å². The fraction of sp³-hybridized carbons (Fsp3) is 0.857. The molecule has 4 aliphatic rings. The van der Waals surface area contributed by atoms with Gasteiger partial charge in [-0.05, 0) is 74.5 Å². The summed E-state index contributed by atoms with van der Waals surface area (Å²) < 4.78 is 0. The lowest BCUT2D eigenvalue weighted by molar-refractivity contribution is -0.687. The first-order valence-electron chi connectivity index (χ1n) is 9.70. The molecule has 2 N–H and O–H groups in total. The molecule has 0 bridgehead atoms. The molecule has 6 unspecified atom stereocenters. The minimum Gasteiger partial charge on any atom is -0.474 e. The molecular weight excluding hydrogens is 266 g/mol. The van der Waals surface area contributed by atoms with Gasteiger partial charge in [0.05, 0.1) is 5.54 Å². The minimum atomic E-state index is 0.397. The minimum absolute atomic E-state index is 0.397. The second kappa shape index (κ2) is 4.85. The first kappa shape index (κ1) is 15.2. The summed E-state index contributed by atoms with van der Waals surface area (Å²) in [6, 6.07) is 0. The third-order valence-electron chi connectivity index (χ3n) is 8.07. The zero-order valence-electron chi connectivity index (χ0n) is 15.1. The molecule has 0 radical (unpaired) electrons. The number of rotatable bonds is 1. The number of nitrogens with two attached hydrogens (primary N) is 1. The maximum Gasteiger partial charge on any atom is 0.0729 e. The lowest BCUT2D eigenvalue weighted by atomic mass is 9.46. The lowest BCUT2D eigenvalue weighted by Gasteiger charge is -2.60. The van der Waals surface area contributed by atoms with Crippen LogP contribution in [0.5, 0.6) is 0 Å². The molecular formula is C21H35N. The van der Waals surface area contributed by atoms with Crippen molar-refractivity contribution >= 4 is 0 Å². The topological polar surface area (TPSA) is 16.6 Å². The standard InChI is InChI=1S/C21H35N/c1-13-10-15-12-20(2,3)11-14-6-7-17-19(18(14)15)16(13)8-9-21(17,4)22-5/h13,15-17,19H,5-12,22H2,1-4H3. The van der Waals surface area contributed by atoms with Gasteiger partial charge in [-0.1, -0.05) is 31.9 Å². The molecule has 4 aliphatic carbocycles. The highest BCUT2D eigenvalue weighted by Gasteiger charge is 2.56. The van der Waals surface area contributed by atoms with Gasteiger partial charge in [0.1, 0.15) is 0 Å². The highest BCUT2D eigenvalue weighted by Crippen LogP contribution is 2.62. The first-order chi connectivity index (χ1) is 10.3. The summed E-state index contributed by atoms with van der Waals surface area (Å²) in [7, 11) is 4.24. The molecule has 1 heteroatoms. The van der Waals surface area contributed by atoms with Crippen LogP contribution in [0.1, 0.15) is 72.6 Å². The van der Waals surface area contributed by atoms with E-state index in [4.69, 9.17) is 0 Å². The molecule has 4 rings (SSSR count). The Labute approximate surface area is 137 Å². The second-order valence-electron chi connectivity index (χ2n) is 10.1. The summed E-state index contributed by atoms with van der Waals surface area (Å²) in [5.41, 5.74) is 4.81. The monoisotopic (exact) mass is 301 g/mol. The van der Waals surface area contributed by atoms with Crippen molar-refractivity contribution in [2.24, 2.45) is 35.0 Å². The summed E-state index contributed by atoms with van der Waals surface area (Å²) in [6.45, 7) is 10.1. The van der Waals surface area contributed by atoms with Crippen LogP contribution in [0.4, 0.5) is 0 Å². The van der Waals surface area contributed by atoms with E-state index < -0.39 is 0 Å². The Kier molecular flexibility index (Phi) is 3.36. The van der Waals surface area contributed by atoms with Crippen molar-refractivity contribution in [2.45, 2.75) is 78.2 Å². The van der Waals surface area contributed by atoms with Crippen LogP contribution in [0.15, 0.2) is 11.1 Å². The maximum atomic E-state index is 4.24. The summed E-state index contributed by atoms with van der Waals surface area (Å²) in [6.07, 6.45) is 9.94. The Balaban J connectivity index is 1.79. The van der Waals surface area contributed by atoms with Gasteiger partial charge in [0.15, 0.2) is 0 Å². The molecule has 0 heterocycles. The third kappa shape index (κ3) is 2.07. The van der Waals surface area contributed by atoms with Gasteiger partial charge in [-0.15, -0.1) is 0 Å². The summed E-state index contributed by atoms with van der Waals surface area (Å²) >= 11 is 0.